The first-order valence-electron chi connectivity index (χ1n) is 7.26. The predicted octanol–water partition coefficient (Wildman–Crippen LogP) is 2.23. The van der Waals surface area contributed by atoms with Crippen molar-refractivity contribution in [3.8, 4) is 17.2 Å². The molecule has 150 valence electrons. The summed E-state index contributed by atoms with van der Waals surface area (Å²) in [6.07, 6.45) is 2.35. The highest BCUT2D eigenvalue weighted by Crippen LogP contribution is 2.38. The van der Waals surface area contributed by atoms with Gasteiger partial charge in [0.05, 0.1) is 27.9 Å². The maximum atomic E-state index is 12.4. The van der Waals surface area contributed by atoms with Crippen LogP contribution in [0.4, 0.5) is 0 Å². The molecule has 0 aliphatic carbocycles. The average Bonchev–Trinajstić information content (AvgIpc) is 2.59. The second kappa shape index (κ2) is 13.9. The van der Waals surface area contributed by atoms with E-state index >= 15 is 0 Å². The number of carboxylic acid groups (broad SMARTS) is 1. The van der Waals surface area contributed by atoms with Crippen molar-refractivity contribution in [1.82, 2.24) is 5.32 Å². The van der Waals surface area contributed by atoms with Gasteiger partial charge in [0.25, 0.3) is 0 Å². The highest BCUT2D eigenvalue weighted by Gasteiger charge is 2.20. The first-order chi connectivity index (χ1) is 11.5. The normalized spacial score (nSPS) is 10.8. The van der Waals surface area contributed by atoms with Crippen LogP contribution in [-0.2, 0) is 4.79 Å². The zero-order chi connectivity index (χ0) is 18.1. The fraction of sp³-hybridized carbons (Fsp3) is 0.500. The lowest BCUT2D eigenvalue weighted by atomic mass is 10.1. The first-order valence-corrected chi connectivity index (χ1v) is 8.66. The molecule has 0 fully saturated rings. The zero-order valence-corrected chi connectivity index (χ0v) is 17.8. The summed E-state index contributed by atoms with van der Waals surface area (Å²) in [5.74, 6) is 0.608. The zero-order valence-electron chi connectivity index (χ0n) is 15.2. The van der Waals surface area contributed by atoms with Gasteiger partial charge in [0.15, 0.2) is 17.3 Å². The van der Waals surface area contributed by atoms with Gasteiger partial charge in [-0.05, 0) is 30.6 Å². The van der Waals surface area contributed by atoms with Crippen LogP contribution in [0.5, 0.6) is 17.2 Å². The lowest BCUT2D eigenvalue weighted by Gasteiger charge is -2.15. The molecule has 0 heterocycles. The Kier molecular flexibility index (Phi) is 14.4. The number of nitrogens with one attached hydrogen (secondary N) is 1. The number of ether oxygens (including phenoxy) is 3. The summed E-state index contributed by atoms with van der Waals surface area (Å²) in [4.78, 5) is 23.6. The number of benzene rings is 1. The summed E-state index contributed by atoms with van der Waals surface area (Å²) in [6.45, 7) is -0.0933. The molecule has 0 spiro atoms. The third-order valence-corrected chi connectivity index (χ3v) is 4.05. The standard InChI is InChI=1S/C16H23NO6S.ClH.H2S/c1-21-13-7-10(8-14(22-2)15(13)23-3)12(18)9-17-11(16(19)20)5-6-24-4;;/h7-8,11,17H,5-6,9H2,1-4H3,(H,19,20);1H;1H2/t11-;;/m0../s1. The van der Waals surface area contributed by atoms with Crippen molar-refractivity contribution in [2.24, 2.45) is 0 Å². The molecule has 0 unspecified atom stereocenters. The predicted molar refractivity (Wildman–Crippen MR) is 110 cm³/mol. The summed E-state index contributed by atoms with van der Waals surface area (Å²) < 4.78 is 15.6. The van der Waals surface area contributed by atoms with Gasteiger partial charge in [0.1, 0.15) is 6.04 Å². The quantitative estimate of drug-likeness (QED) is 0.519. The molecule has 0 saturated carbocycles. The van der Waals surface area contributed by atoms with Crippen molar-refractivity contribution in [2.45, 2.75) is 12.5 Å². The number of carbonyl (C=O) groups excluding carboxylic acids is 1. The summed E-state index contributed by atoms with van der Waals surface area (Å²) in [6, 6.07) is 2.33. The van der Waals surface area contributed by atoms with Gasteiger partial charge < -0.3 is 19.3 Å². The van der Waals surface area contributed by atoms with E-state index in [0.29, 0.717) is 35.0 Å². The van der Waals surface area contributed by atoms with E-state index in [1.807, 2.05) is 6.26 Å². The highest BCUT2D eigenvalue weighted by molar-refractivity contribution is 7.98. The van der Waals surface area contributed by atoms with E-state index in [-0.39, 0.29) is 38.2 Å². The molecular weight excluding hydrogens is 402 g/mol. The molecular formula is C16H26ClNO6S2. The van der Waals surface area contributed by atoms with Gasteiger partial charge in [-0.2, -0.15) is 25.3 Å². The molecule has 0 radical (unpaired) electrons. The number of carboxylic acids is 1. The minimum atomic E-state index is -0.971. The van der Waals surface area contributed by atoms with Crippen LogP contribution in [0, 0.1) is 0 Å². The third-order valence-electron chi connectivity index (χ3n) is 3.40. The van der Waals surface area contributed by atoms with Crippen LogP contribution in [-0.4, -0.2) is 62.8 Å². The van der Waals surface area contributed by atoms with E-state index in [4.69, 9.17) is 14.2 Å². The van der Waals surface area contributed by atoms with E-state index in [0.717, 1.165) is 0 Å². The van der Waals surface area contributed by atoms with Crippen molar-refractivity contribution in [3.05, 3.63) is 17.7 Å². The van der Waals surface area contributed by atoms with Gasteiger partial charge in [-0.1, -0.05) is 0 Å². The molecule has 0 aliphatic rings. The second-order valence-electron chi connectivity index (χ2n) is 4.89. The Balaban J connectivity index is 0. The highest BCUT2D eigenvalue weighted by atomic mass is 35.5. The Bertz CT molecular complexity index is 563. The summed E-state index contributed by atoms with van der Waals surface area (Å²) >= 11 is 1.56. The Morgan fingerprint density at radius 3 is 2.08 bits per heavy atom. The maximum Gasteiger partial charge on any atom is 0.320 e. The van der Waals surface area contributed by atoms with Crippen LogP contribution in [0.3, 0.4) is 0 Å². The van der Waals surface area contributed by atoms with Crippen molar-refractivity contribution >= 4 is 49.4 Å². The second-order valence-corrected chi connectivity index (χ2v) is 5.88. The largest absolute Gasteiger partial charge is 0.493 e. The van der Waals surface area contributed by atoms with E-state index in [9.17, 15) is 14.7 Å². The molecule has 7 nitrogen and oxygen atoms in total. The van der Waals surface area contributed by atoms with Gasteiger partial charge in [0.2, 0.25) is 5.75 Å². The minimum absolute atomic E-state index is 0. The maximum absolute atomic E-state index is 12.4. The number of thioether (sulfide) groups is 1. The molecule has 0 bridgehead atoms. The number of rotatable bonds is 11. The van der Waals surface area contributed by atoms with Gasteiger partial charge in [-0.25, -0.2) is 0 Å². The minimum Gasteiger partial charge on any atom is -0.493 e. The van der Waals surface area contributed by atoms with Crippen LogP contribution >= 0.6 is 37.7 Å². The van der Waals surface area contributed by atoms with Crippen molar-refractivity contribution in [2.75, 3.05) is 39.9 Å². The molecule has 10 heteroatoms. The summed E-state index contributed by atoms with van der Waals surface area (Å²) in [5.41, 5.74) is 0.353. The number of Topliss-reactive ketones (excluding diaryl/α,β-unsaturated/α-hetero) is 1. The van der Waals surface area contributed by atoms with Gasteiger partial charge in [0, 0.05) is 5.56 Å². The Morgan fingerprint density at radius 1 is 1.15 bits per heavy atom. The van der Waals surface area contributed by atoms with Crippen LogP contribution < -0.4 is 19.5 Å². The Hall–Kier alpha value is -1.29. The number of methoxy groups -OCH3 is 3. The van der Waals surface area contributed by atoms with Gasteiger partial charge in [-0.15, -0.1) is 12.4 Å². The smallest absolute Gasteiger partial charge is 0.320 e. The molecule has 0 amide bonds. The number of carbonyl (C=O) groups is 2. The number of halogens is 1. The van der Waals surface area contributed by atoms with E-state index in [2.05, 4.69) is 5.32 Å². The molecule has 0 aliphatic heterocycles. The molecule has 0 saturated heterocycles. The van der Waals surface area contributed by atoms with Gasteiger partial charge >= 0.3 is 5.97 Å². The summed E-state index contributed by atoms with van der Waals surface area (Å²) in [5, 5.41) is 12.0. The van der Waals surface area contributed by atoms with E-state index in [1.165, 1.54) is 21.3 Å². The summed E-state index contributed by atoms with van der Waals surface area (Å²) in [7, 11) is 4.41. The topological polar surface area (TPSA) is 94.1 Å². The Labute approximate surface area is 171 Å². The number of ketones is 1. The molecule has 1 rings (SSSR count). The van der Waals surface area contributed by atoms with Crippen LogP contribution in [0.25, 0.3) is 0 Å². The molecule has 1 atom stereocenters. The van der Waals surface area contributed by atoms with E-state index in [1.54, 1.807) is 23.9 Å². The monoisotopic (exact) mass is 427 g/mol. The molecule has 2 N–H and O–H groups in total. The lowest BCUT2D eigenvalue weighted by Crippen LogP contribution is -2.40. The lowest BCUT2D eigenvalue weighted by molar-refractivity contribution is -0.139. The molecule has 0 aromatic heterocycles. The first kappa shape index (κ1) is 26.9. The average molecular weight is 428 g/mol. The van der Waals surface area contributed by atoms with E-state index < -0.39 is 12.0 Å². The fourth-order valence-electron chi connectivity index (χ4n) is 2.11. The Morgan fingerprint density at radius 2 is 1.69 bits per heavy atom. The van der Waals surface area contributed by atoms with Crippen LogP contribution in [0.15, 0.2) is 12.1 Å². The number of hydrogen-bond acceptors (Lipinski definition) is 7. The van der Waals surface area contributed by atoms with Crippen LogP contribution in [0.2, 0.25) is 0 Å². The SMILES string of the molecule is COc1cc(C(=O)CN[C@@H](CCSC)C(=O)O)cc(OC)c1OC.Cl.S. The van der Waals surface area contributed by atoms with Crippen molar-refractivity contribution in [1.29, 1.82) is 0 Å². The van der Waals surface area contributed by atoms with Crippen molar-refractivity contribution in [3.63, 3.8) is 0 Å². The van der Waals surface area contributed by atoms with Crippen molar-refractivity contribution < 1.29 is 28.9 Å². The molecule has 1 aromatic carbocycles. The molecule has 26 heavy (non-hydrogen) atoms. The molecule has 1 aromatic rings. The fourth-order valence-corrected chi connectivity index (χ4v) is 2.58. The van der Waals surface area contributed by atoms with Gasteiger partial charge in [-0.3, -0.25) is 14.9 Å². The number of aliphatic carboxylic acids is 1. The number of hydrogen-bond donors (Lipinski definition) is 2. The van der Waals surface area contributed by atoms with Crippen LogP contribution in [0.1, 0.15) is 16.8 Å². The third kappa shape index (κ3) is 7.53.